The summed E-state index contributed by atoms with van der Waals surface area (Å²) in [5, 5.41) is 0. The topological polar surface area (TPSA) is 3.24 Å². The van der Waals surface area contributed by atoms with E-state index in [1.807, 2.05) is 0 Å². The van der Waals surface area contributed by atoms with Gasteiger partial charge in [0.1, 0.15) is 8.24 Å². The molecule has 0 aromatic heterocycles. The van der Waals surface area contributed by atoms with Crippen LogP contribution in [0.5, 0.6) is 0 Å². The van der Waals surface area contributed by atoms with Crippen LogP contribution in [0.3, 0.4) is 0 Å². The third kappa shape index (κ3) is 3.25. The highest BCUT2D eigenvalue weighted by atomic mass is 28.3. The maximum Gasteiger partial charge on any atom is 0.147 e. The van der Waals surface area contributed by atoms with Crippen LogP contribution in [0.2, 0.25) is 13.1 Å². The molecule has 0 N–H and O–H groups in total. The van der Waals surface area contributed by atoms with Gasteiger partial charge in [0, 0.05) is 11.1 Å². The summed E-state index contributed by atoms with van der Waals surface area (Å²) in [6.45, 7) is 22.4. The van der Waals surface area contributed by atoms with E-state index in [-0.39, 0.29) is 11.1 Å². The molecule has 0 aromatic carbocycles. The zero-order valence-electron chi connectivity index (χ0n) is 11.2. The van der Waals surface area contributed by atoms with Crippen molar-refractivity contribution in [3.8, 4) is 0 Å². The Kier molecular flexibility index (Phi) is 3.80. The van der Waals surface area contributed by atoms with Gasteiger partial charge in [-0.15, -0.1) is 6.58 Å². The number of rotatable bonds is 2. The van der Waals surface area contributed by atoms with Gasteiger partial charge in [0.2, 0.25) is 0 Å². The Bertz CT molecular complexity index is 191. The van der Waals surface area contributed by atoms with Crippen molar-refractivity contribution in [2.24, 2.45) is 0 Å². The highest BCUT2D eigenvalue weighted by Gasteiger charge is 2.41. The van der Waals surface area contributed by atoms with E-state index in [9.17, 15) is 0 Å². The van der Waals surface area contributed by atoms with Gasteiger partial charge in [-0.05, 0) is 41.5 Å². The van der Waals surface area contributed by atoms with Gasteiger partial charge < -0.3 is 4.57 Å². The van der Waals surface area contributed by atoms with E-state index < -0.39 is 8.24 Å². The van der Waals surface area contributed by atoms with Gasteiger partial charge in [0.05, 0.1) is 0 Å². The van der Waals surface area contributed by atoms with Crippen LogP contribution in [0.1, 0.15) is 41.5 Å². The second-order valence-electron chi connectivity index (χ2n) is 6.53. The lowest BCUT2D eigenvalue weighted by Crippen LogP contribution is -2.64. The van der Waals surface area contributed by atoms with E-state index in [4.69, 9.17) is 0 Å². The van der Waals surface area contributed by atoms with E-state index in [1.165, 1.54) is 0 Å². The molecule has 0 heterocycles. The van der Waals surface area contributed by atoms with Crippen molar-refractivity contribution in [3.63, 3.8) is 0 Å². The van der Waals surface area contributed by atoms with Gasteiger partial charge in [-0.25, -0.2) is 0 Å². The molecule has 0 rings (SSSR count). The smallest absolute Gasteiger partial charge is 0.147 e. The molecule has 14 heavy (non-hydrogen) atoms. The van der Waals surface area contributed by atoms with E-state index in [1.54, 1.807) is 0 Å². The summed E-state index contributed by atoms with van der Waals surface area (Å²) in [4.78, 5) is 0. The Morgan fingerprint density at radius 2 is 1.21 bits per heavy atom. The summed E-state index contributed by atoms with van der Waals surface area (Å²) >= 11 is 0. The standard InChI is InChI=1S/C12H27NSi/c1-10-14(8,9)13(11(2,3)4)12(5,6)7/h10H,1H2,2-9H3. The largest absolute Gasteiger partial charge is 0.311 e. The van der Waals surface area contributed by atoms with Gasteiger partial charge >= 0.3 is 0 Å². The Morgan fingerprint density at radius 1 is 0.929 bits per heavy atom. The van der Waals surface area contributed by atoms with E-state index in [0.29, 0.717) is 0 Å². The molecule has 0 spiro atoms. The first-order valence-corrected chi connectivity index (χ1v) is 8.39. The SMILES string of the molecule is C=C[Si](C)(C)N(C(C)(C)C)C(C)(C)C. The summed E-state index contributed by atoms with van der Waals surface area (Å²) in [5.74, 6) is 0. The highest BCUT2D eigenvalue weighted by Crippen LogP contribution is 2.31. The summed E-state index contributed by atoms with van der Waals surface area (Å²) < 4.78 is 2.64. The lowest BCUT2D eigenvalue weighted by atomic mass is 10.0. The second-order valence-corrected chi connectivity index (χ2v) is 10.7. The average molecular weight is 213 g/mol. The van der Waals surface area contributed by atoms with Crippen molar-refractivity contribution < 1.29 is 0 Å². The maximum absolute atomic E-state index is 4.00. The average Bonchev–Trinajstić information content (AvgIpc) is 1.79. The minimum Gasteiger partial charge on any atom is -0.311 e. The molecule has 0 aromatic rings. The monoisotopic (exact) mass is 213 g/mol. The van der Waals surface area contributed by atoms with Gasteiger partial charge in [0.15, 0.2) is 0 Å². The third-order valence-electron chi connectivity index (χ3n) is 2.42. The molecule has 0 bridgehead atoms. The van der Waals surface area contributed by atoms with Gasteiger partial charge in [-0.1, -0.05) is 18.8 Å². The van der Waals surface area contributed by atoms with Crippen molar-refractivity contribution in [2.45, 2.75) is 65.7 Å². The van der Waals surface area contributed by atoms with Crippen LogP contribution in [-0.4, -0.2) is 23.9 Å². The zero-order chi connectivity index (χ0) is 11.8. The lowest BCUT2D eigenvalue weighted by Gasteiger charge is -2.53. The van der Waals surface area contributed by atoms with Crippen LogP contribution in [-0.2, 0) is 0 Å². The fourth-order valence-electron chi connectivity index (χ4n) is 2.83. The molecule has 0 saturated carbocycles. The van der Waals surface area contributed by atoms with Crippen molar-refractivity contribution in [3.05, 3.63) is 12.3 Å². The molecule has 0 aliphatic heterocycles. The number of nitrogens with zero attached hydrogens (tertiary/aromatic N) is 1. The molecule has 0 unspecified atom stereocenters. The van der Waals surface area contributed by atoms with Crippen LogP contribution in [0.4, 0.5) is 0 Å². The first kappa shape index (κ1) is 13.9. The Balaban J connectivity index is 5.24. The second kappa shape index (κ2) is 3.82. The fraction of sp³-hybridized carbons (Fsp3) is 0.833. The molecule has 2 heteroatoms. The summed E-state index contributed by atoms with van der Waals surface area (Å²) in [5.41, 5.74) is 2.59. The molecule has 0 saturated heterocycles. The molecule has 84 valence electrons. The first-order valence-electron chi connectivity index (χ1n) is 5.37. The maximum atomic E-state index is 4.00. The molecule has 0 radical (unpaired) electrons. The Labute approximate surface area is 91.3 Å². The summed E-state index contributed by atoms with van der Waals surface area (Å²) in [6.07, 6.45) is 0. The van der Waals surface area contributed by atoms with E-state index in [2.05, 4.69) is 71.5 Å². The predicted molar refractivity (Wildman–Crippen MR) is 69.0 cm³/mol. The van der Waals surface area contributed by atoms with Crippen LogP contribution in [0.15, 0.2) is 12.3 Å². The van der Waals surface area contributed by atoms with Crippen molar-refractivity contribution in [1.29, 1.82) is 0 Å². The normalized spacial score (nSPS) is 14.6. The Hall–Kier alpha value is -0.0831. The fourth-order valence-corrected chi connectivity index (χ4v) is 6.47. The van der Waals surface area contributed by atoms with E-state index in [0.717, 1.165) is 0 Å². The van der Waals surface area contributed by atoms with Crippen molar-refractivity contribution in [1.82, 2.24) is 4.57 Å². The predicted octanol–water partition coefficient (Wildman–Crippen LogP) is 3.82. The molecule has 0 aliphatic carbocycles. The molecule has 0 fully saturated rings. The summed E-state index contributed by atoms with van der Waals surface area (Å²) in [6, 6.07) is 0. The molecular formula is C12H27NSi. The molecule has 1 nitrogen and oxygen atoms in total. The van der Waals surface area contributed by atoms with E-state index >= 15 is 0 Å². The molecular weight excluding hydrogens is 186 g/mol. The van der Waals surface area contributed by atoms with Gasteiger partial charge in [-0.3, -0.25) is 0 Å². The van der Waals surface area contributed by atoms with Crippen LogP contribution < -0.4 is 0 Å². The van der Waals surface area contributed by atoms with Crippen molar-refractivity contribution >= 4 is 8.24 Å². The highest BCUT2D eigenvalue weighted by molar-refractivity contribution is 6.79. The minimum atomic E-state index is -1.48. The first-order chi connectivity index (χ1) is 5.93. The summed E-state index contributed by atoms with van der Waals surface area (Å²) in [7, 11) is -1.48. The van der Waals surface area contributed by atoms with Crippen LogP contribution in [0.25, 0.3) is 0 Å². The molecule has 0 amide bonds. The lowest BCUT2D eigenvalue weighted by molar-refractivity contribution is 0.129. The van der Waals surface area contributed by atoms with Gasteiger partial charge in [0.25, 0.3) is 0 Å². The minimum absolute atomic E-state index is 0.210. The van der Waals surface area contributed by atoms with Crippen molar-refractivity contribution in [2.75, 3.05) is 0 Å². The van der Waals surface area contributed by atoms with Crippen LogP contribution in [0, 0.1) is 0 Å². The van der Waals surface area contributed by atoms with Crippen LogP contribution >= 0.6 is 0 Å². The zero-order valence-corrected chi connectivity index (χ0v) is 12.2. The Morgan fingerprint density at radius 3 is 1.29 bits per heavy atom. The van der Waals surface area contributed by atoms with Gasteiger partial charge in [-0.2, -0.15) is 0 Å². The number of hydrogen-bond acceptors (Lipinski definition) is 1. The third-order valence-corrected chi connectivity index (χ3v) is 5.91. The molecule has 0 aliphatic rings. The number of hydrogen-bond donors (Lipinski definition) is 0. The quantitative estimate of drug-likeness (QED) is 0.630. The molecule has 0 atom stereocenters.